The number of para-hydroxylation sites is 2. The van der Waals surface area contributed by atoms with Crippen molar-refractivity contribution < 1.29 is 34.1 Å². The molecule has 4 N–H and O–H groups in total. The summed E-state index contributed by atoms with van der Waals surface area (Å²) < 4.78 is 11.0. The second-order valence-electron chi connectivity index (χ2n) is 7.28. The summed E-state index contributed by atoms with van der Waals surface area (Å²) in [5.74, 6) is -3.07. The predicted octanol–water partition coefficient (Wildman–Crippen LogP) is 1.84. The van der Waals surface area contributed by atoms with Crippen LogP contribution in [0, 0.1) is 0 Å². The molecule has 34 heavy (non-hydrogen) atoms. The average molecular weight is 474 g/mol. The summed E-state index contributed by atoms with van der Waals surface area (Å²) in [5, 5.41) is 21.2. The minimum Gasteiger partial charge on any atom is -0.492 e. The lowest BCUT2D eigenvalue weighted by atomic mass is 10.1. The molecule has 0 spiro atoms. The molecule has 0 radical (unpaired) electrons. The third-order valence-corrected chi connectivity index (χ3v) is 4.90. The summed E-state index contributed by atoms with van der Waals surface area (Å²) >= 11 is 0. The number of carbonyl (C=O) groups is 3. The van der Waals surface area contributed by atoms with E-state index in [1.165, 1.54) is 0 Å². The van der Waals surface area contributed by atoms with Crippen LogP contribution < -0.4 is 15.4 Å². The molecule has 2 aromatic carbocycles. The molecule has 3 rings (SSSR count). The number of benzene rings is 2. The second-order valence-corrected chi connectivity index (χ2v) is 7.28. The van der Waals surface area contributed by atoms with Gasteiger partial charge in [0, 0.05) is 26.2 Å². The van der Waals surface area contributed by atoms with Crippen LogP contribution in [0.1, 0.15) is 18.5 Å². The van der Waals surface area contributed by atoms with E-state index in [0.29, 0.717) is 18.0 Å². The van der Waals surface area contributed by atoms with Gasteiger partial charge in [-0.25, -0.2) is 9.59 Å². The molecule has 184 valence electrons. The van der Waals surface area contributed by atoms with Crippen molar-refractivity contribution in [2.75, 3.05) is 51.3 Å². The van der Waals surface area contributed by atoms with Crippen LogP contribution in [-0.2, 0) is 19.1 Å². The van der Waals surface area contributed by atoms with Crippen molar-refractivity contribution >= 4 is 23.5 Å². The number of nitrogens with zero attached hydrogens (tertiary/aromatic N) is 1. The Morgan fingerprint density at radius 3 is 2.24 bits per heavy atom. The van der Waals surface area contributed by atoms with Crippen LogP contribution in [0.2, 0.25) is 0 Å². The number of nitrogens with one attached hydrogen (secondary N) is 2. The van der Waals surface area contributed by atoms with Crippen LogP contribution in [-0.4, -0.2) is 79.0 Å². The molecule has 0 aromatic heterocycles. The van der Waals surface area contributed by atoms with Crippen molar-refractivity contribution in [1.82, 2.24) is 10.2 Å². The van der Waals surface area contributed by atoms with Gasteiger partial charge in [-0.05, 0) is 24.6 Å². The number of ether oxygens (including phenoxy) is 2. The monoisotopic (exact) mass is 473 g/mol. The molecule has 2 aromatic rings. The first-order valence-electron chi connectivity index (χ1n) is 11.0. The lowest BCUT2D eigenvalue weighted by molar-refractivity contribution is -0.159. The van der Waals surface area contributed by atoms with Gasteiger partial charge in [0.1, 0.15) is 11.8 Å². The topological polar surface area (TPSA) is 137 Å². The zero-order chi connectivity index (χ0) is 24.8. The molecule has 0 saturated carbocycles. The molecule has 1 saturated heterocycles. The molecule has 0 aliphatic carbocycles. The number of hydrogen-bond acceptors (Lipinski definition) is 7. The van der Waals surface area contributed by atoms with E-state index in [9.17, 15) is 4.79 Å². The summed E-state index contributed by atoms with van der Waals surface area (Å²) in [7, 11) is 0. The number of rotatable bonds is 9. The van der Waals surface area contributed by atoms with E-state index in [1.54, 1.807) is 0 Å². The minimum atomic E-state index is -1.82. The third-order valence-electron chi connectivity index (χ3n) is 4.90. The van der Waals surface area contributed by atoms with Crippen molar-refractivity contribution in [2.24, 2.45) is 0 Å². The van der Waals surface area contributed by atoms with Gasteiger partial charge in [0.2, 0.25) is 5.91 Å². The number of carboxylic acid groups (broad SMARTS) is 2. The van der Waals surface area contributed by atoms with Gasteiger partial charge >= 0.3 is 11.9 Å². The van der Waals surface area contributed by atoms with Crippen LogP contribution in [0.5, 0.6) is 5.75 Å². The van der Waals surface area contributed by atoms with E-state index >= 15 is 0 Å². The molecule has 1 aliphatic heterocycles. The van der Waals surface area contributed by atoms with Gasteiger partial charge in [0.05, 0.1) is 25.5 Å². The fourth-order valence-corrected chi connectivity index (χ4v) is 3.26. The lowest BCUT2D eigenvalue weighted by Crippen LogP contribution is -2.42. The molecule has 1 amide bonds. The van der Waals surface area contributed by atoms with E-state index in [1.807, 2.05) is 61.5 Å². The zero-order valence-electron chi connectivity index (χ0n) is 19.1. The maximum absolute atomic E-state index is 13.1. The van der Waals surface area contributed by atoms with Gasteiger partial charge in [-0.1, -0.05) is 42.5 Å². The molecule has 10 heteroatoms. The molecular formula is C24H31N3O7. The maximum Gasteiger partial charge on any atom is 0.414 e. The van der Waals surface area contributed by atoms with Gasteiger partial charge in [-0.15, -0.1) is 0 Å². The predicted molar refractivity (Wildman–Crippen MR) is 126 cm³/mol. The van der Waals surface area contributed by atoms with Crippen LogP contribution in [0.15, 0.2) is 54.6 Å². The van der Waals surface area contributed by atoms with Crippen molar-refractivity contribution in [1.29, 1.82) is 0 Å². The maximum atomic E-state index is 13.1. The Kier molecular flexibility index (Phi) is 11.5. The highest BCUT2D eigenvalue weighted by molar-refractivity contribution is 6.27. The Hall–Kier alpha value is -3.47. The van der Waals surface area contributed by atoms with Gasteiger partial charge in [0.15, 0.2) is 0 Å². The molecule has 1 atom stereocenters. The van der Waals surface area contributed by atoms with Gasteiger partial charge in [0.25, 0.3) is 0 Å². The van der Waals surface area contributed by atoms with E-state index in [4.69, 9.17) is 29.3 Å². The first-order valence-corrected chi connectivity index (χ1v) is 11.0. The summed E-state index contributed by atoms with van der Waals surface area (Å²) in [6.07, 6.45) is 0. The van der Waals surface area contributed by atoms with Gasteiger partial charge < -0.3 is 30.3 Å². The van der Waals surface area contributed by atoms with Crippen LogP contribution >= 0.6 is 0 Å². The van der Waals surface area contributed by atoms with Gasteiger partial charge in [-0.3, -0.25) is 9.69 Å². The van der Waals surface area contributed by atoms with Gasteiger partial charge in [-0.2, -0.15) is 0 Å². The molecule has 1 unspecified atom stereocenters. The summed E-state index contributed by atoms with van der Waals surface area (Å²) in [5.41, 5.74) is 1.63. The number of amides is 1. The third kappa shape index (κ3) is 9.18. The number of carbonyl (C=O) groups excluding carboxylic acids is 1. The molecular weight excluding hydrogens is 442 g/mol. The Morgan fingerprint density at radius 1 is 1.00 bits per heavy atom. The first kappa shape index (κ1) is 26.8. The van der Waals surface area contributed by atoms with E-state index in [0.717, 1.165) is 45.0 Å². The molecule has 10 nitrogen and oxygen atoms in total. The fraction of sp³-hybridized carbons (Fsp3) is 0.375. The Morgan fingerprint density at radius 2 is 1.62 bits per heavy atom. The SMILES string of the molecule is CCOc1ccccc1NC(=O)C(NCCN1CCOCC1)c1ccccc1.O=C(O)C(=O)O. The smallest absolute Gasteiger partial charge is 0.414 e. The van der Waals surface area contributed by atoms with Crippen LogP contribution in [0.25, 0.3) is 0 Å². The minimum absolute atomic E-state index is 0.0969. The Bertz CT molecular complexity index is 906. The Labute approximate surface area is 198 Å². The molecule has 1 heterocycles. The standard InChI is InChI=1S/C22H29N3O3.C2H2O4/c1-2-28-20-11-7-6-10-19(20)24-22(26)21(18-8-4-3-5-9-18)23-12-13-25-14-16-27-17-15-25;3-1(4)2(5)6/h3-11,21,23H,2,12-17H2,1H3,(H,24,26);(H,3,4)(H,5,6). The molecule has 1 aliphatic rings. The van der Waals surface area contributed by atoms with E-state index in [-0.39, 0.29) is 5.91 Å². The molecule has 1 fully saturated rings. The fourth-order valence-electron chi connectivity index (χ4n) is 3.26. The summed E-state index contributed by atoms with van der Waals surface area (Å²) in [4.78, 5) is 33.6. The van der Waals surface area contributed by atoms with E-state index in [2.05, 4.69) is 15.5 Å². The van der Waals surface area contributed by atoms with Crippen molar-refractivity contribution in [2.45, 2.75) is 13.0 Å². The number of carboxylic acids is 2. The quantitative estimate of drug-likeness (QED) is 0.402. The van der Waals surface area contributed by atoms with Crippen molar-refractivity contribution in [3.8, 4) is 5.75 Å². The van der Waals surface area contributed by atoms with E-state index < -0.39 is 18.0 Å². The summed E-state index contributed by atoms with van der Waals surface area (Å²) in [6.45, 7) is 7.51. The highest BCUT2D eigenvalue weighted by Gasteiger charge is 2.21. The summed E-state index contributed by atoms with van der Waals surface area (Å²) in [6, 6.07) is 16.9. The average Bonchev–Trinajstić information content (AvgIpc) is 2.84. The largest absolute Gasteiger partial charge is 0.492 e. The van der Waals surface area contributed by atoms with Crippen molar-refractivity contribution in [3.63, 3.8) is 0 Å². The highest BCUT2D eigenvalue weighted by Crippen LogP contribution is 2.25. The second kappa shape index (κ2) is 14.6. The zero-order valence-corrected chi connectivity index (χ0v) is 19.1. The van der Waals surface area contributed by atoms with Crippen LogP contribution in [0.4, 0.5) is 5.69 Å². The molecule has 0 bridgehead atoms. The number of morpholine rings is 1. The lowest BCUT2D eigenvalue weighted by Gasteiger charge is -2.27. The van der Waals surface area contributed by atoms with Crippen molar-refractivity contribution in [3.05, 3.63) is 60.2 Å². The number of anilines is 1. The number of hydrogen-bond donors (Lipinski definition) is 4. The number of aliphatic carboxylic acids is 2. The first-order chi connectivity index (χ1) is 16.4. The van der Waals surface area contributed by atoms with Crippen LogP contribution in [0.3, 0.4) is 0 Å². The highest BCUT2D eigenvalue weighted by atomic mass is 16.5. The normalized spacial score (nSPS) is 14.3. The Balaban J connectivity index is 0.000000604.